The van der Waals surface area contributed by atoms with E-state index in [1.54, 1.807) is 0 Å². The SMILES string of the molecule is CC(=O)OCCCOC(=O)OC1CCOC1=O. The fourth-order valence-corrected chi connectivity index (χ4v) is 1.16. The van der Waals surface area contributed by atoms with Crippen LogP contribution in [0.1, 0.15) is 19.8 Å². The predicted octanol–water partition coefficient (Wildman–Crippen LogP) is 0.408. The van der Waals surface area contributed by atoms with Crippen LogP contribution in [0.2, 0.25) is 0 Å². The number of ether oxygens (including phenoxy) is 4. The molecule has 0 saturated carbocycles. The van der Waals surface area contributed by atoms with Crippen LogP contribution in [0.5, 0.6) is 0 Å². The summed E-state index contributed by atoms with van der Waals surface area (Å²) in [5.74, 6) is -0.942. The second-order valence-electron chi connectivity index (χ2n) is 3.35. The van der Waals surface area contributed by atoms with Crippen molar-refractivity contribution < 1.29 is 33.3 Å². The highest BCUT2D eigenvalue weighted by atomic mass is 16.7. The Balaban J connectivity index is 2.05. The molecule has 1 heterocycles. The van der Waals surface area contributed by atoms with Crippen LogP contribution < -0.4 is 0 Å². The molecule has 1 aliphatic rings. The molecule has 1 unspecified atom stereocenters. The van der Waals surface area contributed by atoms with E-state index in [2.05, 4.69) is 14.2 Å². The van der Waals surface area contributed by atoms with Gasteiger partial charge in [-0.1, -0.05) is 0 Å². The fourth-order valence-electron chi connectivity index (χ4n) is 1.16. The van der Waals surface area contributed by atoms with Crippen molar-refractivity contribution in [3.05, 3.63) is 0 Å². The molecule has 0 radical (unpaired) electrons. The van der Waals surface area contributed by atoms with Crippen LogP contribution in [0, 0.1) is 0 Å². The molecule has 1 rings (SSSR count). The summed E-state index contributed by atoms with van der Waals surface area (Å²) in [5.41, 5.74) is 0. The maximum absolute atomic E-state index is 11.1. The maximum Gasteiger partial charge on any atom is 0.509 e. The van der Waals surface area contributed by atoms with Gasteiger partial charge in [-0.05, 0) is 0 Å². The maximum atomic E-state index is 11.1. The van der Waals surface area contributed by atoms with Gasteiger partial charge in [-0.2, -0.15) is 0 Å². The number of carbonyl (C=O) groups is 3. The molecule has 0 bridgehead atoms. The van der Waals surface area contributed by atoms with E-state index in [0.717, 1.165) is 0 Å². The molecule has 1 fully saturated rings. The van der Waals surface area contributed by atoms with Crippen molar-refractivity contribution in [1.82, 2.24) is 0 Å². The van der Waals surface area contributed by atoms with Gasteiger partial charge in [0.1, 0.15) is 0 Å². The molecular weight excluding hydrogens is 232 g/mol. The zero-order valence-corrected chi connectivity index (χ0v) is 9.47. The van der Waals surface area contributed by atoms with Crippen molar-refractivity contribution in [2.24, 2.45) is 0 Å². The average molecular weight is 246 g/mol. The number of hydrogen-bond donors (Lipinski definition) is 0. The number of rotatable bonds is 5. The lowest BCUT2D eigenvalue weighted by molar-refractivity contribution is -0.146. The van der Waals surface area contributed by atoms with Crippen LogP contribution in [-0.2, 0) is 28.5 Å². The minimum atomic E-state index is -0.920. The summed E-state index contributed by atoms with van der Waals surface area (Å²) >= 11 is 0. The largest absolute Gasteiger partial charge is 0.509 e. The van der Waals surface area contributed by atoms with Crippen molar-refractivity contribution in [3.63, 3.8) is 0 Å². The Kier molecular flexibility index (Phi) is 5.25. The van der Waals surface area contributed by atoms with E-state index in [-0.39, 0.29) is 25.8 Å². The molecule has 7 nitrogen and oxygen atoms in total. The molecule has 1 aliphatic heterocycles. The van der Waals surface area contributed by atoms with E-state index in [1.165, 1.54) is 6.92 Å². The zero-order chi connectivity index (χ0) is 12.7. The van der Waals surface area contributed by atoms with Gasteiger partial charge in [-0.3, -0.25) is 4.79 Å². The molecular formula is C10H14O7. The van der Waals surface area contributed by atoms with Gasteiger partial charge < -0.3 is 18.9 Å². The molecule has 0 N–H and O–H groups in total. The third-order valence-electron chi connectivity index (χ3n) is 1.94. The van der Waals surface area contributed by atoms with Gasteiger partial charge in [0.25, 0.3) is 0 Å². The molecule has 0 aromatic rings. The number of cyclic esters (lactones) is 1. The van der Waals surface area contributed by atoms with Crippen molar-refractivity contribution in [1.29, 1.82) is 0 Å². The zero-order valence-electron chi connectivity index (χ0n) is 9.47. The highest BCUT2D eigenvalue weighted by Gasteiger charge is 2.30. The Labute approximate surface area is 98.0 Å². The van der Waals surface area contributed by atoms with Gasteiger partial charge in [0, 0.05) is 19.8 Å². The van der Waals surface area contributed by atoms with Crippen molar-refractivity contribution in [2.45, 2.75) is 25.9 Å². The monoisotopic (exact) mass is 246 g/mol. The van der Waals surface area contributed by atoms with E-state index in [0.29, 0.717) is 12.8 Å². The standard InChI is InChI=1S/C10H14O7/c1-7(11)14-4-2-5-16-10(13)17-8-3-6-15-9(8)12/h8H,2-6H2,1H3. The van der Waals surface area contributed by atoms with Gasteiger partial charge in [-0.25, -0.2) is 9.59 Å². The summed E-state index contributed by atoms with van der Waals surface area (Å²) in [7, 11) is 0. The Hall–Kier alpha value is -1.79. The van der Waals surface area contributed by atoms with Crippen LogP contribution in [0.3, 0.4) is 0 Å². The molecule has 1 saturated heterocycles. The highest BCUT2D eigenvalue weighted by molar-refractivity contribution is 5.78. The minimum Gasteiger partial charge on any atom is -0.466 e. The summed E-state index contributed by atoms with van der Waals surface area (Å²) in [6.45, 7) is 1.78. The smallest absolute Gasteiger partial charge is 0.466 e. The molecule has 0 amide bonds. The fraction of sp³-hybridized carbons (Fsp3) is 0.700. The van der Waals surface area contributed by atoms with Crippen LogP contribution in [0.4, 0.5) is 4.79 Å². The molecule has 7 heteroatoms. The van der Waals surface area contributed by atoms with Gasteiger partial charge in [0.2, 0.25) is 6.10 Å². The quantitative estimate of drug-likeness (QED) is 0.394. The van der Waals surface area contributed by atoms with Gasteiger partial charge >= 0.3 is 18.1 Å². The van der Waals surface area contributed by atoms with Crippen molar-refractivity contribution in [3.8, 4) is 0 Å². The number of carbonyl (C=O) groups excluding carboxylic acids is 3. The van der Waals surface area contributed by atoms with Crippen molar-refractivity contribution >= 4 is 18.1 Å². The molecule has 0 aliphatic carbocycles. The summed E-state index contributed by atoms with van der Waals surface area (Å²) in [6, 6.07) is 0. The van der Waals surface area contributed by atoms with Crippen molar-refractivity contribution in [2.75, 3.05) is 19.8 Å². The lowest BCUT2D eigenvalue weighted by atomic mass is 10.3. The van der Waals surface area contributed by atoms with Gasteiger partial charge in [0.15, 0.2) is 0 Å². The molecule has 96 valence electrons. The van der Waals surface area contributed by atoms with E-state index in [4.69, 9.17) is 4.74 Å². The van der Waals surface area contributed by atoms with Gasteiger partial charge in [-0.15, -0.1) is 0 Å². The Morgan fingerprint density at radius 2 is 2.06 bits per heavy atom. The molecule has 1 atom stereocenters. The van der Waals surface area contributed by atoms with E-state index < -0.39 is 18.2 Å². The third-order valence-corrected chi connectivity index (χ3v) is 1.94. The lowest BCUT2D eigenvalue weighted by Crippen LogP contribution is -2.23. The first-order chi connectivity index (χ1) is 8.09. The topological polar surface area (TPSA) is 88.1 Å². The first kappa shape index (κ1) is 13.3. The van der Waals surface area contributed by atoms with Gasteiger partial charge in [0.05, 0.1) is 19.8 Å². The highest BCUT2D eigenvalue weighted by Crippen LogP contribution is 2.10. The summed E-state index contributed by atoms with van der Waals surface area (Å²) < 4.78 is 18.6. The third kappa shape index (κ3) is 5.19. The second kappa shape index (κ2) is 6.72. The Morgan fingerprint density at radius 1 is 1.35 bits per heavy atom. The minimum absolute atomic E-state index is 0.0634. The van der Waals surface area contributed by atoms with Crippen LogP contribution in [0.25, 0.3) is 0 Å². The van der Waals surface area contributed by atoms with Crippen LogP contribution >= 0.6 is 0 Å². The number of hydrogen-bond acceptors (Lipinski definition) is 7. The second-order valence-corrected chi connectivity index (χ2v) is 3.35. The molecule has 17 heavy (non-hydrogen) atoms. The molecule has 0 spiro atoms. The Morgan fingerprint density at radius 3 is 2.65 bits per heavy atom. The summed E-state index contributed by atoms with van der Waals surface area (Å²) in [4.78, 5) is 32.4. The number of esters is 2. The Bertz CT molecular complexity index is 299. The van der Waals surface area contributed by atoms with Crippen LogP contribution in [0.15, 0.2) is 0 Å². The molecule has 0 aromatic heterocycles. The lowest BCUT2D eigenvalue weighted by Gasteiger charge is -2.08. The van der Waals surface area contributed by atoms with E-state index in [9.17, 15) is 14.4 Å². The first-order valence-corrected chi connectivity index (χ1v) is 5.23. The van der Waals surface area contributed by atoms with Crippen LogP contribution in [-0.4, -0.2) is 44.0 Å². The normalized spacial score (nSPS) is 18.4. The molecule has 0 aromatic carbocycles. The van der Waals surface area contributed by atoms with E-state index in [1.807, 2.05) is 0 Å². The first-order valence-electron chi connectivity index (χ1n) is 5.23. The average Bonchev–Trinajstić information content (AvgIpc) is 2.63. The van der Waals surface area contributed by atoms with E-state index >= 15 is 0 Å². The summed E-state index contributed by atoms with van der Waals surface area (Å²) in [6.07, 6.45) is -1.06. The summed E-state index contributed by atoms with van der Waals surface area (Å²) in [5, 5.41) is 0. The predicted molar refractivity (Wildman–Crippen MR) is 53.0 cm³/mol.